The Kier molecular flexibility index (Phi) is 5.90. The Hall–Kier alpha value is -1.71. The molecule has 2 N–H and O–H groups in total. The molecule has 1 saturated carbocycles. The summed E-state index contributed by atoms with van der Waals surface area (Å²) in [6, 6.07) is 7.48. The van der Waals surface area contributed by atoms with Gasteiger partial charge in [-0.1, -0.05) is 26.0 Å². The number of hydrogen-bond acceptors (Lipinski definition) is 2. The van der Waals surface area contributed by atoms with Gasteiger partial charge in [0.05, 0.1) is 11.8 Å². The van der Waals surface area contributed by atoms with Gasteiger partial charge < -0.3 is 15.4 Å². The lowest BCUT2D eigenvalue weighted by atomic mass is 10.1. The van der Waals surface area contributed by atoms with Gasteiger partial charge in [0, 0.05) is 6.54 Å². The van der Waals surface area contributed by atoms with E-state index >= 15 is 0 Å². The van der Waals surface area contributed by atoms with Crippen LogP contribution in [0.1, 0.15) is 46.0 Å². The Morgan fingerprint density at radius 3 is 2.71 bits per heavy atom. The molecular formula is C17H26N2O2. The van der Waals surface area contributed by atoms with Gasteiger partial charge in [-0.3, -0.25) is 0 Å². The van der Waals surface area contributed by atoms with Gasteiger partial charge in [0.1, 0.15) is 5.75 Å². The van der Waals surface area contributed by atoms with Crippen LogP contribution in [0.25, 0.3) is 0 Å². The lowest BCUT2D eigenvalue weighted by molar-refractivity contribution is 0.211. The first kappa shape index (κ1) is 15.7. The number of carbonyl (C=O) groups excluding carboxylic acids is 1. The highest BCUT2D eigenvalue weighted by Gasteiger charge is 2.18. The Balaban J connectivity index is 1.88. The van der Waals surface area contributed by atoms with Gasteiger partial charge in [0.2, 0.25) is 0 Å². The number of hydrogen-bond donors (Lipinski definition) is 2. The number of para-hydroxylation sites is 2. The molecule has 0 bridgehead atoms. The van der Waals surface area contributed by atoms with Crippen LogP contribution in [0.4, 0.5) is 10.5 Å². The smallest absolute Gasteiger partial charge is 0.319 e. The number of benzene rings is 1. The predicted octanol–water partition coefficient (Wildman–Crippen LogP) is 4.18. The first-order chi connectivity index (χ1) is 10.1. The van der Waals surface area contributed by atoms with Crippen molar-refractivity contribution in [3.8, 4) is 5.75 Å². The molecule has 0 radical (unpaired) electrons. The van der Waals surface area contributed by atoms with Crippen molar-refractivity contribution >= 4 is 11.7 Å². The van der Waals surface area contributed by atoms with E-state index in [1.807, 2.05) is 24.3 Å². The maximum Gasteiger partial charge on any atom is 0.319 e. The molecule has 1 aromatic carbocycles. The third-order valence-electron chi connectivity index (χ3n) is 3.74. The Labute approximate surface area is 127 Å². The van der Waals surface area contributed by atoms with Crippen molar-refractivity contribution in [3.63, 3.8) is 0 Å². The minimum atomic E-state index is -0.168. The van der Waals surface area contributed by atoms with Gasteiger partial charge in [-0.25, -0.2) is 4.79 Å². The fourth-order valence-electron chi connectivity index (χ4n) is 2.50. The average Bonchev–Trinajstić information content (AvgIpc) is 2.93. The average molecular weight is 290 g/mol. The van der Waals surface area contributed by atoms with E-state index in [1.165, 1.54) is 12.8 Å². The first-order valence-corrected chi connectivity index (χ1v) is 7.95. The number of anilines is 1. The summed E-state index contributed by atoms with van der Waals surface area (Å²) in [7, 11) is 0. The van der Waals surface area contributed by atoms with Crippen LogP contribution in [0.3, 0.4) is 0 Å². The summed E-state index contributed by atoms with van der Waals surface area (Å²) in [5.74, 6) is 1.35. The molecule has 0 aromatic heterocycles. The molecule has 0 saturated heterocycles. The summed E-state index contributed by atoms with van der Waals surface area (Å²) in [4.78, 5) is 11.9. The zero-order chi connectivity index (χ0) is 15.1. The molecule has 1 aromatic rings. The summed E-state index contributed by atoms with van der Waals surface area (Å²) in [5, 5.41) is 5.76. The van der Waals surface area contributed by atoms with E-state index in [0.717, 1.165) is 30.7 Å². The van der Waals surface area contributed by atoms with Crippen LogP contribution in [-0.2, 0) is 0 Å². The maximum atomic E-state index is 11.9. The van der Waals surface area contributed by atoms with E-state index in [0.29, 0.717) is 12.5 Å². The predicted molar refractivity (Wildman–Crippen MR) is 85.8 cm³/mol. The lowest BCUT2D eigenvalue weighted by Crippen LogP contribution is -2.30. The van der Waals surface area contributed by atoms with Crippen molar-refractivity contribution in [2.75, 3.05) is 11.9 Å². The normalized spacial score (nSPS) is 15.2. The third-order valence-corrected chi connectivity index (χ3v) is 3.74. The van der Waals surface area contributed by atoms with Crippen molar-refractivity contribution in [2.45, 2.75) is 52.1 Å². The molecule has 21 heavy (non-hydrogen) atoms. The van der Waals surface area contributed by atoms with Crippen LogP contribution in [0.5, 0.6) is 5.75 Å². The topological polar surface area (TPSA) is 50.4 Å². The van der Waals surface area contributed by atoms with E-state index in [1.54, 1.807) is 0 Å². The van der Waals surface area contributed by atoms with Gasteiger partial charge >= 0.3 is 6.03 Å². The molecule has 1 aliphatic carbocycles. The summed E-state index contributed by atoms with van der Waals surface area (Å²) in [6.07, 6.45) is 5.94. The van der Waals surface area contributed by atoms with Crippen molar-refractivity contribution in [2.24, 2.45) is 5.92 Å². The van der Waals surface area contributed by atoms with Gasteiger partial charge in [-0.2, -0.15) is 0 Å². The highest BCUT2D eigenvalue weighted by atomic mass is 16.5. The molecule has 1 aliphatic rings. The van der Waals surface area contributed by atoms with Crippen LogP contribution >= 0.6 is 0 Å². The number of amides is 2. The molecule has 4 heteroatoms. The molecule has 1 fully saturated rings. The van der Waals surface area contributed by atoms with Crippen LogP contribution in [0.15, 0.2) is 24.3 Å². The van der Waals surface area contributed by atoms with Crippen molar-refractivity contribution in [1.29, 1.82) is 0 Å². The number of ether oxygens (including phenoxy) is 1. The zero-order valence-electron chi connectivity index (χ0n) is 13.0. The van der Waals surface area contributed by atoms with Crippen LogP contribution in [-0.4, -0.2) is 18.7 Å². The zero-order valence-corrected chi connectivity index (χ0v) is 13.0. The van der Waals surface area contributed by atoms with E-state index < -0.39 is 0 Å². The largest absolute Gasteiger partial charge is 0.488 e. The van der Waals surface area contributed by atoms with Crippen LogP contribution in [0, 0.1) is 5.92 Å². The van der Waals surface area contributed by atoms with E-state index in [-0.39, 0.29) is 12.1 Å². The fraction of sp³-hybridized carbons (Fsp3) is 0.588. The fourth-order valence-corrected chi connectivity index (χ4v) is 2.50. The summed E-state index contributed by atoms with van der Waals surface area (Å²) in [5.41, 5.74) is 0.742. The van der Waals surface area contributed by atoms with Crippen LogP contribution in [0.2, 0.25) is 0 Å². The standard InChI is InChI=1S/C17H26N2O2/c1-13(2)11-12-18-17(20)19-15-9-5-6-10-16(15)21-14-7-3-4-8-14/h5-6,9-10,13-14H,3-4,7-8,11-12H2,1-2H3,(H2,18,19,20). The Morgan fingerprint density at radius 2 is 2.00 bits per heavy atom. The maximum absolute atomic E-state index is 11.9. The third kappa shape index (κ3) is 5.29. The summed E-state index contributed by atoms with van der Waals surface area (Å²) in [6.45, 7) is 4.98. The molecule has 2 amide bonds. The molecule has 0 atom stereocenters. The quantitative estimate of drug-likeness (QED) is 0.826. The monoisotopic (exact) mass is 290 g/mol. The van der Waals surface area contributed by atoms with E-state index in [2.05, 4.69) is 24.5 Å². The Morgan fingerprint density at radius 1 is 1.29 bits per heavy atom. The summed E-state index contributed by atoms with van der Waals surface area (Å²) < 4.78 is 6.01. The van der Waals surface area contributed by atoms with Crippen molar-refractivity contribution < 1.29 is 9.53 Å². The minimum absolute atomic E-state index is 0.168. The number of nitrogens with one attached hydrogen (secondary N) is 2. The van der Waals surface area contributed by atoms with Crippen LogP contribution < -0.4 is 15.4 Å². The molecular weight excluding hydrogens is 264 g/mol. The second-order valence-electron chi connectivity index (χ2n) is 6.08. The SMILES string of the molecule is CC(C)CCNC(=O)Nc1ccccc1OC1CCCC1. The van der Waals surface area contributed by atoms with Gasteiger partial charge in [0.25, 0.3) is 0 Å². The van der Waals surface area contributed by atoms with E-state index in [4.69, 9.17) is 4.74 Å². The number of urea groups is 1. The minimum Gasteiger partial charge on any atom is -0.488 e. The molecule has 0 spiro atoms. The van der Waals surface area contributed by atoms with Gasteiger partial charge in [0.15, 0.2) is 0 Å². The highest BCUT2D eigenvalue weighted by Crippen LogP contribution is 2.29. The molecule has 0 aliphatic heterocycles. The van der Waals surface area contributed by atoms with E-state index in [9.17, 15) is 4.79 Å². The van der Waals surface area contributed by atoms with Crippen molar-refractivity contribution in [1.82, 2.24) is 5.32 Å². The second kappa shape index (κ2) is 7.91. The number of rotatable bonds is 6. The molecule has 0 unspecified atom stereocenters. The number of carbonyl (C=O) groups is 1. The molecule has 2 rings (SSSR count). The molecule has 0 heterocycles. The highest BCUT2D eigenvalue weighted by molar-refractivity contribution is 5.90. The van der Waals surface area contributed by atoms with Gasteiger partial charge in [-0.15, -0.1) is 0 Å². The molecule has 116 valence electrons. The molecule has 4 nitrogen and oxygen atoms in total. The Bertz CT molecular complexity index is 454. The summed E-state index contributed by atoms with van der Waals surface area (Å²) >= 11 is 0. The van der Waals surface area contributed by atoms with Gasteiger partial charge in [-0.05, 0) is 50.2 Å². The first-order valence-electron chi connectivity index (χ1n) is 7.95. The second-order valence-corrected chi connectivity index (χ2v) is 6.08. The lowest BCUT2D eigenvalue weighted by Gasteiger charge is -2.17. The van der Waals surface area contributed by atoms with Crippen molar-refractivity contribution in [3.05, 3.63) is 24.3 Å².